The van der Waals surface area contributed by atoms with Crippen molar-refractivity contribution < 1.29 is 4.79 Å². The Balaban J connectivity index is 2.20. The number of amides is 1. The second-order valence-corrected chi connectivity index (χ2v) is 5.72. The Morgan fingerprint density at radius 1 is 1.11 bits per heavy atom. The van der Waals surface area contributed by atoms with Crippen LogP contribution >= 0.6 is 39.1 Å². The lowest BCUT2D eigenvalue weighted by atomic mass is 10.1. The molecule has 5 heteroatoms. The molecule has 0 bridgehead atoms. The molecule has 1 N–H and O–H groups in total. The van der Waals surface area contributed by atoms with Gasteiger partial charge in [0.2, 0.25) is 0 Å². The van der Waals surface area contributed by atoms with Crippen molar-refractivity contribution in [2.45, 2.75) is 6.92 Å². The first-order valence-electron chi connectivity index (χ1n) is 5.50. The van der Waals surface area contributed by atoms with E-state index in [1.54, 1.807) is 24.3 Å². The molecule has 2 aromatic rings. The average molecular weight is 359 g/mol. The summed E-state index contributed by atoms with van der Waals surface area (Å²) in [5.41, 5.74) is 2.20. The molecule has 98 valence electrons. The number of aryl methyl sites for hydroxylation is 1. The van der Waals surface area contributed by atoms with Gasteiger partial charge in [0.25, 0.3) is 5.91 Å². The molecular formula is C14H10BrCl2NO. The lowest BCUT2D eigenvalue weighted by molar-refractivity contribution is 0.102. The number of rotatable bonds is 2. The topological polar surface area (TPSA) is 29.1 Å². The van der Waals surface area contributed by atoms with E-state index in [1.165, 1.54) is 0 Å². The molecule has 0 heterocycles. The fourth-order valence-corrected chi connectivity index (χ4v) is 2.11. The van der Waals surface area contributed by atoms with Crippen molar-refractivity contribution >= 4 is 50.7 Å². The largest absolute Gasteiger partial charge is 0.322 e. The van der Waals surface area contributed by atoms with E-state index < -0.39 is 0 Å². The molecule has 0 aromatic heterocycles. The van der Waals surface area contributed by atoms with Crippen molar-refractivity contribution in [1.29, 1.82) is 0 Å². The van der Waals surface area contributed by atoms with Crippen molar-refractivity contribution in [3.8, 4) is 0 Å². The molecule has 2 rings (SSSR count). The maximum atomic E-state index is 12.1. The highest BCUT2D eigenvalue weighted by molar-refractivity contribution is 9.10. The van der Waals surface area contributed by atoms with Gasteiger partial charge >= 0.3 is 0 Å². The summed E-state index contributed by atoms with van der Waals surface area (Å²) >= 11 is 15.1. The van der Waals surface area contributed by atoms with Crippen LogP contribution in [0, 0.1) is 6.92 Å². The van der Waals surface area contributed by atoms with Gasteiger partial charge in [0.1, 0.15) is 0 Å². The van der Waals surface area contributed by atoms with Crippen LogP contribution in [0.25, 0.3) is 0 Å². The van der Waals surface area contributed by atoms with E-state index in [1.807, 2.05) is 19.1 Å². The summed E-state index contributed by atoms with van der Waals surface area (Å²) in [6.45, 7) is 1.93. The summed E-state index contributed by atoms with van der Waals surface area (Å²) < 4.78 is 0.971. The molecule has 19 heavy (non-hydrogen) atoms. The van der Waals surface area contributed by atoms with Gasteiger partial charge in [0.05, 0.1) is 10.0 Å². The van der Waals surface area contributed by atoms with Gasteiger partial charge in [-0.3, -0.25) is 4.79 Å². The van der Waals surface area contributed by atoms with Crippen LogP contribution in [-0.4, -0.2) is 5.91 Å². The van der Waals surface area contributed by atoms with Crippen LogP contribution in [0.5, 0.6) is 0 Å². The van der Waals surface area contributed by atoms with Crippen LogP contribution in [0.4, 0.5) is 5.69 Å². The Hall–Kier alpha value is -1.03. The van der Waals surface area contributed by atoms with Crippen LogP contribution in [0.1, 0.15) is 15.9 Å². The number of anilines is 1. The van der Waals surface area contributed by atoms with Gasteiger partial charge in [-0.2, -0.15) is 0 Å². The van der Waals surface area contributed by atoms with Gasteiger partial charge in [-0.1, -0.05) is 39.1 Å². The zero-order chi connectivity index (χ0) is 14.0. The van der Waals surface area contributed by atoms with Crippen molar-refractivity contribution in [3.63, 3.8) is 0 Å². The molecule has 0 radical (unpaired) electrons. The SMILES string of the molecule is Cc1cc(C(=O)Nc2ccc(Cl)c(Cl)c2)ccc1Br. The van der Waals surface area contributed by atoms with Crippen LogP contribution in [-0.2, 0) is 0 Å². The smallest absolute Gasteiger partial charge is 0.255 e. The molecule has 0 unspecified atom stereocenters. The second kappa shape index (κ2) is 5.95. The van der Waals surface area contributed by atoms with Gasteiger partial charge < -0.3 is 5.32 Å². The van der Waals surface area contributed by atoms with Gasteiger partial charge in [0, 0.05) is 15.7 Å². The molecule has 0 saturated carbocycles. The third-order valence-corrected chi connectivity index (χ3v) is 4.23. The van der Waals surface area contributed by atoms with Gasteiger partial charge in [0.15, 0.2) is 0 Å². The highest BCUT2D eigenvalue weighted by atomic mass is 79.9. The summed E-state index contributed by atoms with van der Waals surface area (Å²) in [6, 6.07) is 10.4. The summed E-state index contributed by atoms with van der Waals surface area (Å²) in [5.74, 6) is -0.186. The zero-order valence-electron chi connectivity index (χ0n) is 10.0. The van der Waals surface area contributed by atoms with E-state index >= 15 is 0 Å². The second-order valence-electron chi connectivity index (χ2n) is 4.05. The summed E-state index contributed by atoms with van der Waals surface area (Å²) in [6.07, 6.45) is 0. The van der Waals surface area contributed by atoms with Crippen LogP contribution in [0.2, 0.25) is 10.0 Å². The highest BCUT2D eigenvalue weighted by Crippen LogP contribution is 2.25. The number of hydrogen-bond donors (Lipinski definition) is 1. The first-order valence-corrected chi connectivity index (χ1v) is 7.05. The van der Waals surface area contributed by atoms with E-state index in [-0.39, 0.29) is 5.91 Å². The van der Waals surface area contributed by atoms with Crippen molar-refractivity contribution in [1.82, 2.24) is 0 Å². The molecule has 0 fully saturated rings. The molecule has 0 aliphatic carbocycles. The molecule has 1 amide bonds. The molecule has 0 atom stereocenters. The Morgan fingerprint density at radius 2 is 1.84 bits per heavy atom. The first-order chi connectivity index (χ1) is 8.97. The summed E-state index contributed by atoms with van der Waals surface area (Å²) in [5, 5.41) is 3.64. The number of benzene rings is 2. The Bertz CT molecular complexity index is 643. The fourth-order valence-electron chi connectivity index (χ4n) is 1.56. The van der Waals surface area contributed by atoms with Gasteiger partial charge in [-0.15, -0.1) is 0 Å². The standard InChI is InChI=1S/C14H10BrCl2NO/c1-8-6-9(2-4-11(8)15)14(19)18-10-3-5-12(16)13(17)7-10/h2-7H,1H3,(H,18,19). The first kappa shape index (κ1) is 14.4. The van der Waals surface area contributed by atoms with Gasteiger partial charge in [-0.05, 0) is 48.9 Å². The summed E-state index contributed by atoms with van der Waals surface area (Å²) in [7, 11) is 0. The van der Waals surface area contributed by atoms with E-state index in [0.717, 1.165) is 10.0 Å². The fraction of sp³-hybridized carbons (Fsp3) is 0.0714. The number of halogens is 3. The zero-order valence-corrected chi connectivity index (χ0v) is 13.1. The third-order valence-electron chi connectivity index (χ3n) is 2.60. The Morgan fingerprint density at radius 3 is 2.47 bits per heavy atom. The maximum Gasteiger partial charge on any atom is 0.255 e. The predicted molar refractivity (Wildman–Crippen MR) is 83.3 cm³/mol. The Kier molecular flexibility index (Phi) is 4.50. The van der Waals surface area contributed by atoms with Crippen molar-refractivity contribution in [3.05, 3.63) is 62.0 Å². The molecule has 0 spiro atoms. The number of nitrogens with one attached hydrogen (secondary N) is 1. The highest BCUT2D eigenvalue weighted by Gasteiger charge is 2.08. The Labute approximate surface area is 129 Å². The summed E-state index contributed by atoms with van der Waals surface area (Å²) in [4.78, 5) is 12.1. The molecule has 2 aromatic carbocycles. The lowest BCUT2D eigenvalue weighted by Gasteiger charge is -2.07. The maximum absolute atomic E-state index is 12.1. The quantitative estimate of drug-likeness (QED) is 0.773. The van der Waals surface area contributed by atoms with Gasteiger partial charge in [-0.25, -0.2) is 0 Å². The number of carbonyl (C=O) groups excluding carboxylic acids is 1. The van der Waals surface area contributed by atoms with Crippen molar-refractivity contribution in [2.75, 3.05) is 5.32 Å². The number of hydrogen-bond acceptors (Lipinski definition) is 1. The van der Waals surface area contributed by atoms with Crippen LogP contribution in [0.3, 0.4) is 0 Å². The molecule has 0 aliphatic rings. The minimum absolute atomic E-state index is 0.186. The van der Waals surface area contributed by atoms with Crippen LogP contribution < -0.4 is 5.32 Å². The molecular weight excluding hydrogens is 349 g/mol. The van der Waals surface area contributed by atoms with Crippen molar-refractivity contribution in [2.24, 2.45) is 0 Å². The third kappa shape index (κ3) is 3.50. The molecule has 0 aliphatic heterocycles. The van der Waals surface area contributed by atoms with E-state index in [0.29, 0.717) is 21.3 Å². The van der Waals surface area contributed by atoms with Crippen LogP contribution in [0.15, 0.2) is 40.9 Å². The van der Waals surface area contributed by atoms with E-state index in [9.17, 15) is 4.79 Å². The predicted octanol–water partition coefficient (Wildman–Crippen LogP) is 5.32. The lowest BCUT2D eigenvalue weighted by Crippen LogP contribution is -2.12. The number of carbonyl (C=O) groups is 1. The average Bonchev–Trinajstić information content (AvgIpc) is 2.37. The molecule has 2 nitrogen and oxygen atoms in total. The monoisotopic (exact) mass is 357 g/mol. The normalized spacial score (nSPS) is 10.3. The minimum Gasteiger partial charge on any atom is -0.322 e. The molecule has 0 saturated heterocycles. The van der Waals surface area contributed by atoms with E-state index in [2.05, 4.69) is 21.2 Å². The minimum atomic E-state index is -0.186. The van der Waals surface area contributed by atoms with E-state index in [4.69, 9.17) is 23.2 Å².